The van der Waals surface area contributed by atoms with Gasteiger partial charge in [-0.25, -0.2) is 4.79 Å². The molecule has 0 spiro atoms. The Balaban J connectivity index is 3.46. The predicted molar refractivity (Wildman–Crippen MR) is 58.2 cm³/mol. The topological polar surface area (TPSA) is 38.3 Å². The highest BCUT2D eigenvalue weighted by molar-refractivity contribution is 5.87. The molecule has 0 unspecified atom stereocenters. The average Bonchev–Trinajstić information content (AvgIpc) is 2.21. The van der Waals surface area contributed by atoms with Crippen LogP contribution in [0.15, 0.2) is 11.6 Å². The zero-order valence-electron chi connectivity index (χ0n) is 9.43. The number of esters is 1. The lowest BCUT2D eigenvalue weighted by molar-refractivity contribution is -0.136. The third-order valence-electron chi connectivity index (χ3n) is 2.02. The number of nitrogens with one attached hydrogen (secondary N) is 1. The van der Waals surface area contributed by atoms with Crippen molar-refractivity contribution >= 4 is 5.97 Å². The highest BCUT2D eigenvalue weighted by Gasteiger charge is 2.00. The summed E-state index contributed by atoms with van der Waals surface area (Å²) >= 11 is 0. The van der Waals surface area contributed by atoms with Gasteiger partial charge < -0.3 is 10.1 Å². The van der Waals surface area contributed by atoms with Crippen molar-refractivity contribution in [1.82, 2.24) is 5.32 Å². The van der Waals surface area contributed by atoms with E-state index in [1.165, 1.54) is 26.4 Å². The molecule has 3 nitrogen and oxygen atoms in total. The Morgan fingerprint density at radius 3 is 2.71 bits per heavy atom. The van der Waals surface area contributed by atoms with E-state index < -0.39 is 0 Å². The summed E-state index contributed by atoms with van der Waals surface area (Å²) in [6, 6.07) is 0. The van der Waals surface area contributed by atoms with E-state index >= 15 is 0 Å². The maximum atomic E-state index is 11.0. The summed E-state index contributed by atoms with van der Waals surface area (Å²) in [5.74, 6) is -0.250. The first kappa shape index (κ1) is 13.2. The van der Waals surface area contributed by atoms with Crippen molar-refractivity contribution in [3.05, 3.63) is 11.6 Å². The molecule has 0 saturated heterocycles. The molecule has 0 heterocycles. The largest absolute Gasteiger partial charge is 0.466 e. The van der Waals surface area contributed by atoms with Crippen LogP contribution in [0.2, 0.25) is 0 Å². The van der Waals surface area contributed by atoms with E-state index in [-0.39, 0.29) is 5.97 Å². The Bertz CT molecular complexity index is 188. The standard InChI is InChI=1S/C11H21NO2/c1-4-5-6-8-12-9-7-10(2)11(13)14-3/h7,12H,4-6,8-9H2,1-3H3/b10-7-. The molecule has 1 N–H and O–H groups in total. The van der Waals surface area contributed by atoms with Gasteiger partial charge in [0, 0.05) is 12.1 Å². The Labute approximate surface area is 86.5 Å². The molecule has 3 heteroatoms. The molecule has 0 aromatic carbocycles. The number of carbonyl (C=O) groups is 1. The first-order chi connectivity index (χ1) is 6.72. The van der Waals surface area contributed by atoms with Crippen molar-refractivity contribution in [3.8, 4) is 0 Å². The van der Waals surface area contributed by atoms with Crippen molar-refractivity contribution in [2.45, 2.75) is 33.1 Å². The van der Waals surface area contributed by atoms with Gasteiger partial charge in [-0.05, 0) is 19.9 Å². The van der Waals surface area contributed by atoms with Crippen molar-refractivity contribution in [2.75, 3.05) is 20.2 Å². The quantitative estimate of drug-likeness (QED) is 0.386. The van der Waals surface area contributed by atoms with Gasteiger partial charge in [0.2, 0.25) is 0 Å². The van der Waals surface area contributed by atoms with Crippen LogP contribution in [-0.4, -0.2) is 26.2 Å². The molecular formula is C11H21NO2. The lowest BCUT2D eigenvalue weighted by Crippen LogP contribution is -2.16. The third kappa shape index (κ3) is 6.66. The molecule has 14 heavy (non-hydrogen) atoms. The SMILES string of the molecule is CCCCCNC/C=C(/C)C(=O)OC. The fourth-order valence-electron chi connectivity index (χ4n) is 1.07. The minimum atomic E-state index is -0.250. The molecule has 0 atom stereocenters. The van der Waals surface area contributed by atoms with Crippen LogP contribution in [0.3, 0.4) is 0 Å². The van der Waals surface area contributed by atoms with E-state index in [2.05, 4.69) is 17.0 Å². The van der Waals surface area contributed by atoms with Crippen molar-refractivity contribution in [1.29, 1.82) is 0 Å². The van der Waals surface area contributed by atoms with Gasteiger partial charge in [-0.1, -0.05) is 25.8 Å². The fraction of sp³-hybridized carbons (Fsp3) is 0.727. The summed E-state index contributed by atoms with van der Waals surface area (Å²) in [6.07, 6.45) is 5.55. The summed E-state index contributed by atoms with van der Waals surface area (Å²) < 4.78 is 4.57. The molecule has 0 fully saturated rings. The van der Waals surface area contributed by atoms with Crippen LogP contribution in [0.1, 0.15) is 33.1 Å². The Morgan fingerprint density at radius 2 is 2.14 bits per heavy atom. The number of unbranched alkanes of at least 4 members (excludes halogenated alkanes) is 2. The molecule has 0 aromatic rings. The van der Waals surface area contributed by atoms with Gasteiger partial charge in [-0.2, -0.15) is 0 Å². The summed E-state index contributed by atoms with van der Waals surface area (Å²) in [5, 5.41) is 3.25. The highest BCUT2D eigenvalue weighted by Crippen LogP contribution is 1.94. The second kappa shape index (κ2) is 8.75. The van der Waals surface area contributed by atoms with Gasteiger partial charge >= 0.3 is 5.97 Å². The summed E-state index contributed by atoms with van der Waals surface area (Å²) in [5.41, 5.74) is 0.662. The smallest absolute Gasteiger partial charge is 0.333 e. The summed E-state index contributed by atoms with van der Waals surface area (Å²) in [6.45, 7) is 5.70. The first-order valence-electron chi connectivity index (χ1n) is 5.18. The zero-order valence-corrected chi connectivity index (χ0v) is 9.43. The monoisotopic (exact) mass is 199 g/mol. The van der Waals surface area contributed by atoms with Crippen LogP contribution < -0.4 is 5.32 Å². The van der Waals surface area contributed by atoms with E-state index in [9.17, 15) is 4.79 Å². The van der Waals surface area contributed by atoms with Crippen LogP contribution in [0, 0.1) is 0 Å². The molecule has 0 aromatic heterocycles. The van der Waals surface area contributed by atoms with Crippen LogP contribution in [0.5, 0.6) is 0 Å². The van der Waals surface area contributed by atoms with Crippen molar-refractivity contribution < 1.29 is 9.53 Å². The molecule has 82 valence electrons. The molecule has 0 aliphatic rings. The summed E-state index contributed by atoms with van der Waals surface area (Å²) in [7, 11) is 1.40. The van der Waals surface area contributed by atoms with Crippen LogP contribution >= 0.6 is 0 Å². The summed E-state index contributed by atoms with van der Waals surface area (Å²) in [4.78, 5) is 11.0. The van der Waals surface area contributed by atoms with Gasteiger partial charge in [0.15, 0.2) is 0 Å². The van der Waals surface area contributed by atoms with E-state index in [1.54, 1.807) is 6.92 Å². The second-order valence-corrected chi connectivity index (χ2v) is 3.29. The minimum Gasteiger partial charge on any atom is -0.466 e. The van der Waals surface area contributed by atoms with Crippen LogP contribution in [0.25, 0.3) is 0 Å². The Kier molecular flexibility index (Phi) is 8.24. The van der Waals surface area contributed by atoms with E-state index in [0.717, 1.165) is 13.1 Å². The van der Waals surface area contributed by atoms with E-state index in [0.29, 0.717) is 5.57 Å². The second-order valence-electron chi connectivity index (χ2n) is 3.29. The van der Waals surface area contributed by atoms with Gasteiger partial charge in [0.05, 0.1) is 7.11 Å². The van der Waals surface area contributed by atoms with E-state index in [1.807, 2.05) is 6.08 Å². The predicted octanol–water partition coefficient (Wildman–Crippen LogP) is 1.89. The number of rotatable bonds is 7. The average molecular weight is 199 g/mol. The van der Waals surface area contributed by atoms with Crippen molar-refractivity contribution in [2.24, 2.45) is 0 Å². The molecular weight excluding hydrogens is 178 g/mol. The number of hydrogen-bond donors (Lipinski definition) is 1. The normalized spacial score (nSPS) is 11.5. The number of carbonyl (C=O) groups excluding carboxylic acids is 1. The number of ether oxygens (including phenoxy) is 1. The Hall–Kier alpha value is -0.830. The van der Waals surface area contributed by atoms with Gasteiger partial charge in [-0.15, -0.1) is 0 Å². The highest BCUT2D eigenvalue weighted by atomic mass is 16.5. The van der Waals surface area contributed by atoms with Crippen molar-refractivity contribution in [3.63, 3.8) is 0 Å². The molecule has 0 amide bonds. The van der Waals surface area contributed by atoms with Gasteiger partial charge in [0.1, 0.15) is 0 Å². The molecule has 0 aliphatic heterocycles. The fourth-order valence-corrected chi connectivity index (χ4v) is 1.07. The van der Waals surface area contributed by atoms with Crippen LogP contribution in [0.4, 0.5) is 0 Å². The Morgan fingerprint density at radius 1 is 1.43 bits per heavy atom. The molecule has 0 rings (SSSR count). The van der Waals surface area contributed by atoms with E-state index in [4.69, 9.17) is 0 Å². The molecule has 0 bridgehead atoms. The zero-order chi connectivity index (χ0) is 10.8. The third-order valence-corrected chi connectivity index (χ3v) is 2.02. The molecule has 0 aliphatic carbocycles. The number of methoxy groups -OCH3 is 1. The first-order valence-corrected chi connectivity index (χ1v) is 5.18. The molecule has 0 radical (unpaired) electrons. The minimum absolute atomic E-state index is 0.250. The maximum absolute atomic E-state index is 11.0. The number of hydrogen-bond acceptors (Lipinski definition) is 3. The van der Waals surface area contributed by atoms with Gasteiger partial charge in [-0.3, -0.25) is 0 Å². The lowest BCUT2D eigenvalue weighted by Gasteiger charge is -2.01. The molecule has 0 saturated carbocycles. The van der Waals surface area contributed by atoms with Gasteiger partial charge in [0.25, 0.3) is 0 Å². The lowest BCUT2D eigenvalue weighted by atomic mass is 10.2. The van der Waals surface area contributed by atoms with Crippen LogP contribution in [-0.2, 0) is 9.53 Å². The maximum Gasteiger partial charge on any atom is 0.333 e.